The first-order chi connectivity index (χ1) is 9.59. The zero-order chi connectivity index (χ0) is 14.5. The van der Waals surface area contributed by atoms with Crippen LogP contribution in [0.25, 0.3) is 0 Å². The minimum Gasteiger partial charge on any atom is -0.294 e. The molecule has 0 saturated carbocycles. The Morgan fingerprint density at radius 1 is 1.15 bits per heavy atom. The van der Waals surface area contributed by atoms with Gasteiger partial charge in [-0.15, -0.1) is 11.3 Å². The Hall–Kier alpha value is -1.45. The molecule has 0 spiro atoms. The summed E-state index contributed by atoms with van der Waals surface area (Å²) >= 11 is 1.77. The highest BCUT2D eigenvalue weighted by Crippen LogP contribution is 2.16. The first-order valence-corrected chi connectivity index (χ1v) is 7.81. The van der Waals surface area contributed by atoms with Crippen LogP contribution in [-0.4, -0.2) is 29.8 Å². The molecule has 0 saturated heterocycles. The lowest BCUT2D eigenvalue weighted by atomic mass is 10.0. The van der Waals surface area contributed by atoms with Gasteiger partial charge in [-0.2, -0.15) is 0 Å². The summed E-state index contributed by atoms with van der Waals surface area (Å²) in [5, 5.41) is 2.10. The summed E-state index contributed by atoms with van der Waals surface area (Å²) in [5.74, 6) is 0.186. The van der Waals surface area contributed by atoms with Crippen molar-refractivity contribution in [2.24, 2.45) is 0 Å². The van der Waals surface area contributed by atoms with Crippen LogP contribution < -0.4 is 0 Å². The predicted molar refractivity (Wildman–Crippen MR) is 85.5 cm³/mol. The van der Waals surface area contributed by atoms with Gasteiger partial charge in [0.05, 0.1) is 6.04 Å². The number of hydrogen-bond acceptors (Lipinski definition) is 3. The average Bonchev–Trinajstić information content (AvgIpc) is 2.98. The molecule has 0 aliphatic rings. The molecule has 1 heterocycles. The van der Waals surface area contributed by atoms with Crippen LogP contribution >= 0.6 is 11.3 Å². The third kappa shape index (κ3) is 3.56. The molecule has 2 nitrogen and oxygen atoms in total. The number of thiophene rings is 1. The maximum Gasteiger partial charge on any atom is 0.179 e. The van der Waals surface area contributed by atoms with Gasteiger partial charge in [-0.3, -0.25) is 9.69 Å². The molecular weight excluding hydrogens is 266 g/mol. The van der Waals surface area contributed by atoms with E-state index in [1.54, 1.807) is 11.3 Å². The summed E-state index contributed by atoms with van der Waals surface area (Å²) < 4.78 is 0. The molecule has 2 rings (SSSR count). The van der Waals surface area contributed by atoms with Crippen molar-refractivity contribution in [3.8, 4) is 0 Å². The molecule has 1 aromatic heterocycles. The summed E-state index contributed by atoms with van der Waals surface area (Å²) in [6.07, 6.45) is 0.987. The fourth-order valence-corrected chi connectivity index (χ4v) is 3.10. The Labute approximate surface area is 125 Å². The van der Waals surface area contributed by atoms with E-state index in [4.69, 9.17) is 0 Å². The zero-order valence-electron chi connectivity index (χ0n) is 12.2. The van der Waals surface area contributed by atoms with Crippen LogP contribution in [0.5, 0.6) is 0 Å². The van der Waals surface area contributed by atoms with Crippen LogP contribution in [0.3, 0.4) is 0 Å². The van der Waals surface area contributed by atoms with E-state index >= 15 is 0 Å². The Morgan fingerprint density at radius 2 is 1.85 bits per heavy atom. The second kappa shape index (κ2) is 6.82. The molecule has 2 unspecified atom stereocenters. The molecule has 0 radical (unpaired) electrons. The van der Waals surface area contributed by atoms with Crippen LogP contribution in [-0.2, 0) is 6.42 Å². The molecule has 0 amide bonds. The second-order valence-electron chi connectivity index (χ2n) is 5.20. The maximum atomic E-state index is 12.5. The minimum absolute atomic E-state index is 0.104. The summed E-state index contributed by atoms with van der Waals surface area (Å²) in [5.41, 5.74) is 0.787. The van der Waals surface area contributed by atoms with Crippen molar-refractivity contribution in [3.05, 3.63) is 58.3 Å². The highest BCUT2D eigenvalue weighted by atomic mass is 32.1. The molecule has 3 heteroatoms. The standard InChI is InChI=1S/C17H21NOS/c1-13(12-16-10-7-11-20-16)18(3)14(2)17(19)15-8-5-4-6-9-15/h4-11,13-14H,12H2,1-3H3. The number of ketones is 1. The Morgan fingerprint density at radius 3 is 2.45 bits per heavy atom. The van der Waals surface area contributed by atoms with Crippen LogP contribution in [0.1, 0.15) is 29.1 Å². The molecule has 2 aromatic rings. The third-order valence-corrected chi connectivity index (χ3v) is 4.72. The molecule has 0 bridgehead atoms. The predicted octanol–water partition coefficient (Wildman–Crippen LogP) is 3.88. The molecule has 1 aromatic carbocycles. The number of Topliss-reactive ketones (excluding diaryl/α,β-unsaturated/α-hetero) is 1. The van der Waals surface area contributed by atoms with Crippen LogP contribution in [0.2, 0.25) is 0 Å². The van der Waals surface area contributed by atoms with E-state index in [1.165, 1.54) is 4.88 Å². The molecule has 0 aliphatic carbocycles. The molecule has 0 fully saturated rings. The number of rotatable bonds is 6. The molecule has 0 N–H and O–H groups in total. The number of hydrogen-bond donors (Lipinski definition) is 0. The van der Waals surface area contributed by atoms with Gasteiger partial charge >= 0.3 is 0 Å². The lowest BCUT2D eigenvalue weighted by Gasteiger charge is -2.29. The van der Waals surface area contributed by atoms with E-state index in [2.05, 4.69) is 29.3 Å². The first kappa shape index (κ1) is 14.9. The van der Waals surface area contributed by atoms with Gasteiger partial charge in [0.15, 0.2) is 5.78 Å². The van der Waals surface area contributed by atoms with E-state index in [0.717, 1.165) is 12.0 Å². The summed E-state index contributed by atoms with van der Waals surface area (Å²) in [6.45, 7) is 4.16. The minimum atomic E-state index is -0.104. The van der Waals surface area contributed by atoms with Gasteiger partial charge in [0.2, 0.25) is 0 Å². The van der Waals surface area contributed by atoms with Crippen LogP contribution in [0.4, 0.5) is 0 Å². The third-order valence-electron chi connectivity index (χ3n) is 3.82. The Bertz CT molecular complexity index is 535. The normalized spacial score (nSPS) is 14.2. The largest absolute Gasteiger partial charge is 0.294 e. The number of carbonyl (C=O) groups is 1. The van der Waals surface area contributed by atoms with Gasteiger partial charge < -0.3 is 0 Å². The van der Waals surface area contributed by atoms with E-state index in [1.807, 2.05) is 44.3 Å². The van der Waals surface area contributed by atoms with Crippen LogP contribution in [0, 0.1) is 0 Å². The van der Waals surface area contributed by atoms with E-state index < -0.39 is 0 Å². The molecule has 0 aliphatic heterocycles. The molecule has 2 atom stereocenters. The smallest absolute Gasteiger partial charge is 0.179 e. The Kier molecular flexibility index (Phi) is 5.10. The number of nitrogens with zero attached hydrogens (tertiary/aromatic N) is 1. The second-order valence-corrected chi connectivity index (χ2v) is 6.24. The average molecular weight is 287 g/mol. The van der Waals surface area contributed by atoms with Crippen LogP contribution in [0.15, 0.2) is 47.8 Å². The van der Waals surface area contributed by atoms with Crippen molar-refractivity contribution in [1.29, 1.82) is 0 Å². The lowest BCUT2D eigenvalue weighted by Crippen LogP contribution is -2.42. The van der Waals surface area contributed by atoms with Gasteiger partial charge in [0.1, 0.15) is 0 Å². The van der Waals surface area contributed by atoms with Gasteiger partial charge in [0, 0.05) is 16.5 Å². The summed E-state index contributed by atoms with van der Waals surface area (Å²) in [7, 11) is 2.03. The van der Waals surface area contributed by atoms with E-state index in [0.29, 0.717) is 6.04 Å². The van der Waals surface area contributed by atoms with Gasteiger partial charge in [0.25, 0.3) is 0 Å². The molecule has 20 heavy (non-hydrogen) atoms. The topological polar surface area (TPSA) is 20.3 Å². The van der Waals surface area contributed by atoms with E-state index in [-0.39, 0.29) is 11.8 Å². The van der Waals surface area contributed by atoms with Crippen molar-refractivity contribution in [1.82, 2.24) is 4.90 Å². The monoisotopic (exact) mass is 287 g/mol. The Balaban J connectivity index is 2.00. The first-order valence-electron chi connectivity index (χ1n) is 6.93. The number of carbonyl (C=O) groups excluding carboxylic acids is 1. The van der Waals surface area contributed by atoms with E-state index in [9.17, 15) is 4.79 Å². The number of likely N-dealkylation sites (N-methyl/N-ethyl adjacent to an activating group) is 1. The lowest BCUT2D eigenvalue weighted by molar-refractivity contribution is 0.0826. The fraction of sp³-hybridized carbons (Fsp3) is 0.353. The van der Waals surface area contributed by atoms with Crippen molar-refractivity contribution in [3.63, 3.8) is 0 Å². The highest BCUT2D eigenvalue weighted by Gasteiger charge is 2.23. The fourth-order valence-electron chi connectivity index (χ4n) is 2.27. The van der Waals surface area contributed by atoms with Gasteiger partial charge in [-0.25, -0.2) is 0 Å². The van der Waals surface area contributed by atoms with Crippen molar-refractivity contribution in [2.45, 2.75) is 32.4 Å². The van der Waals surface area contributed by atoms with Gasteiger partial charge in [-0.1, -0.05) is 36.4 Å². The SMILES string of the molecule is CC(Cc1cccs1)N(C)C(C)C(=O)c1ccccc1. The number of benzene rings is 1. The summed E-state index contributed by atoms with van der Waals surface area (Å²) in [6, 6.07) is 14.0. The quantitative estimate of drug-likeness (QED) is 0.751. The molecule has 106 valence electrons. The van der Waals surface area contributed by atoms with Gasteiger partial charge in [-0.05, 0) is 38.8 Å². The van der Waals surface area contributed by atoms with Crippen molar-refractivity contribution < 1.29 is 4.79 Å². The molecular formula is C17H21NOS. The maximum absolute atomic E-state index is 12.5. The highest BCUT2D eigenvalue weighted by molar-refractivity contribution is 7.09. The van der Waals surface area contributed by atoms with Crippen molar-refractivity contribution in [2.75, 3.05) is 7.05 Å². The van der Waals surface area contributed by atoms with Crippen molar-refractivity contribution >= 4 is 17.1 Å². The zero-order valence-corrected chi connectivity index (χ0v) is 13.1. The summed E-state index contributed by atoms with van der Waals surface area (Å²) in [4.78, 5) is 16.0.